The van der Waals surface area contributed by atoms with Crippen LogP contribution in [0.3, 0.4) is 0 Å². The van der Waals surface area contributed by atoms with Gasteiger partial charge in [0.1, 0.15) is 5.82 Å². The molecule has 0 aliphatic carbocycles. The van der Waals surface area contributed by atoms with E-state index in [1.54, 1.807) is 12.1 Å². The standard InChI is InChI=1S/C22H24FNO4/c1-14(2)16-6-10-19(11-7-16)24-22(27)15(3)28-21(26)13-12-20(25)17-4-8-18(23)9-5-17/h4-11,14-15H,12-13H2,1-3H3,(H,24,27)/t15-/m1/s1. The minimum Gasteiger partial charge on any atom is -0.453 e. The summed E-state index contributed by atoms with van der Waals surface area (Å²) in [6, 6.07) is 12.5. The van der Waals surface area contributed by atoms with Gasteiger partial charge in [-0.3, -0.25) is 14.4 Å². The van der Waals surface area contributed by atoms with E-state index in [9.17, 15) is 18.8 Å². The van der Waals surface area contributed by atoms with Crippen molar-refractivity contribution in [1.82, 2.24) is 0 Å². The van der Waals surface area contributed by atoms with Crippen LogP contribution in [0.5, 0.6) is 0 Å². The summed E-state index contributed by atoms with van der Waals surface area (Å²) in [5, 5.41) is 2.69. The van der Waals surface area contributed by atoms with Gasteiger partial charge in [0, 0.05) is 17.7 Å². The van der Waals surface area contributed by atoms with Crippen LogP contribution in [0, 0.1) is 5.82 Å². The fraction of sp³-hybridized carbons (Fsp3) is 0.318. The number of esters is 1. The largest absolute Gasteiger partial charge is 0.453 e. The van der Waals surface area contributed by atoms with Gasteiger partial charge in [-0.1, -0.05) is 26.0 Å². The molecule has 1 atom stereocenters. The summed E-state index contributed by atoms with van der Waals surface area (Å²) in [6.07, 6.45) is -1.22. The Hall–Kier alpha value is -3.02. The number of carbonyl (C=O) groups excluding carboxylic acids is 3. The molecule has 0 unspecified atom stereocenters. The molecule has 2 rings (SSSR count). The molecule has 6 heteroatoms. The van der Waals surface area contributed by atoms with Crippen LogP contribution < -0.4 is 5.32 Å². The molecule has 148 valence electrons. The van der Waals surface area contributed by atoms with Gasteiger partial charge < -0.3 is 10.1 Å². The highest BCUT2D eigenvalue weighted by Gasteiger charge is 2.19. The van der Waals surface area contributed by atoms with Crippen LogP contribution in [-0.2, 0) is 14.3 Å². The van der Waals surface area contributed by atoms with Crippen molar-refractivity contribution in [2.24, 2.45) is 0 Å². The van der Waals surface area contributed by atoms with Crippen LogP contribution in [0.15, 0.2) is 48.5 Å². The van der Waals surface area contributed by atoms with Crippen LogP contribution in [0.25, 0.3) is 0 Å². The molecule has 1 N–H and O–H groups in total. The first-order valence-corrected chi connectivity index (χ1v) is 9.15. The van der Waals surface area contributed by atoms with E-state index in [1.807, 2.05) is 12.1 Å². The van der Waals surface area contributed by atoms with Gasteiger partial charge in [0.2, 0.25) is 0 Å². The molecule has 0 saturated heterocycles. The number of carbonyl (C=O) groups is 3. The first-order valence-electron chi connectivity index (χ1n) is 9.15. The second-order valence-electron chi connectivity index (χ2n) is 6.83. The van der Waals surface area contributed by atoms with Gasteiger partial charge in [-0.2, -0.15) is 0 Å². The monoisotopic (exact) mass is 385 g/mol. The third kappa shape index (κ3) is 6.30. The highest BCUT2D eigenvalue weighted by Crippen LogP contribution is 2.17. The fourth-order valence-electron chi connectivity index (χ4n) is 2.50. The number of amides is 1. The number of benzene rings is 2. The number of rotatable bonds is 8. The summed E-state index contributed by atoms with van der Waals surface area (Å²) in [7, 11) is 0. The topological polar surface area (TPSA) is 72.5 Å². The van der Waals surface area contributed by atoms with Gasteiger partial charge in [-0.25, -0.2) is 4.39 Å². The molecule has 1 amide bonds. The van der Waals surface area contributed by atoms with E-state index in [0.717, 1.165) is 5.56 Å². The van der Waals surface area contributed by atoms with Crippen LogP contribution in [-0.4, -0.2) is 23.8 Å². The fourth-order valence-corrected chi connectivity index (χ4v) is 2.50. The number of hydrogen-bond acceptors (Lipinski definition) is 4. The molecule has 28 heavy (non-hydrogen) atoms. The maximum absolute atomic E-state index is 12.9. The lowest BCUT2D eigenvalue weighted by molar-refractivity contribution is -0.153. The lowest BCUT2D eigenvalue weighted by Gasteiger charge is -2.14. The molecule has 0 aliphatic rings. The predicted molar refractivity (Wildman–Crippen MR) is 105 cm³/mol. The van der Waals surface area contributed by atoms with Crippen LogP contribution in [0.4, 0.5) is 10.1 Å². The maximum Gasteiger partial charge on any atom is 0.307 e. The van der Waals surface area contributed by atoms with Crippen molar-refractivity contribution < 1.29 is 23.5 Å². The summed E-state index contributed by atoms with van der Waals surface area (Å²) < 4.78 is 18.0. The Balaban J connectivity index is 1.79. The molecule has 5 nitrogen and oxygen atoms in total. The van der Waals surface area contributed by atoms with Crippen molar-refractivity contribution >= 4 is 23.3 Å². The lowest BCUT2D eigenvalue weighted by Crippen LogP contribution is -2.30. The summed E-state index contributed by atoms with van der Waals surface area (Å²) in [4.78, 5) is 36.1. The SMILES string of the molecule is CC(C)c1ccc(NC(=O)[C@@H](C)OC(=O)CCC(=O)c2ccc(F)cc2)cc1. The highest BCUT2D eigenvalue weighted by atomic mass is 19.1. The Morgan fingerprint density at radius 1 is 0.929 bits per heavy atom. The van der Waals surface area contributed by atoms with Crippen molar-refractivity contribution in [2.75, 3.05) is 5.32 Å². The Labute approximate surface area is 163 Å². The average Bonchev–Trinajstić information content (AvgIpc) is 2.67. The second kappa shape index (κ2) is 9.78. The highest BCUT2D eigenvalue weighted by molar-refractivity contribution is 5.98. The zero-order chi connectivity index (χ0) is 20.7. The van der Waals surface area contributed by atoms with E-state index in [-0.39, 0.29) is 18.6 Å². The Morgan fingerprint density at radius 2 is 1.54 bits per heavy atom. The minimum absolute atomic E-state index is 0.0739. The molecule has 0 heterocycles. The molecule has 0 radical (unpaired) electrons. The van der Waals surface area contributed by atoms with Crippen molar-refractivity contribution in [3.63, 3.8) is 0 Å². The number of ether oxygens (including phenoxy) is 1. The number of anilines is 1. The molecule has 2 aromatic carbocycles. The lowest BCUT2D eigenvalue weighted by atomic mass is 10.0. The third-order valence-electron chi connectivity index (χ3n) is 4.24. The van der Waals surface area contributed by atoms with Gasteiger partial charge in [0.25, 0.3) is 5.91 Å². The Morgan fingerprint density at radius 3 is 2.11 bits per heavy atom. The molecule has 0 aliphatic heterocycles. The normalized spacial score (nSPS) is 11.8. The number of hydrogen-bond donors (Lipinski definition) is 1. The summed E-state index contributed by atoms with van der Waals surface area (Å²) in [5.74, 6) is -1.43. The van der Waals surface area contributed by atoms with Crippen LogP contribution in [0.2, 0.25) is 0 Å². The Bertz CT molecular complexity index is 829. The minimum atomic E-state index is -0.988. The quantitative estimate of drug-likeness (QED) is 0.537. The van der Waals surface area contributed by atoms with Gasteiger partial charge in [-0.15, -0.1) is 0 Å². The van der Waals surface area contributed by atoms with Gasteiger partial charge in [-0.05, 0) is 54.8 Å². The van der Waals surface area contributed by atoms with E-state index in [1.165, 1.54) is 31.2 Å². The first kappa shape index (κ1) is 21.3. The first-order chi connectivity index (χ1) is 13.3. The molecular formula is C22H24FNO4. The number of halogens is 1. The van der Waals surface area contributed by atoms with Crippen molar-refractivity contribution in [1.29, 1.82) is 0 Å². The number of Topliss-reactive ketones (excluding diaryl/α,β-unsaturated/α-hetero) is 1. The van der Waals surface area contributed by atoms with Crippen LogP contribution >= 0.6 is 0 Å². The second-order valence-corrected chi connectivity index (χ2v) is 6.83. The maximum atomic E-state index is 12.9. The van der Waals surface area contributed by atoms with E-state index >= 15 is 0 Å². The Kier molecular flexibility index (Phi) is 7.44. The zero-order valence-electron chi connectivity index (χ0n) is 16.2. The van der Waals surface area contributed by atoms with E-state index in [2.05, 4.69) is 19.2 Å². The molecule has 0 fully saturated rings. The van der Waals surface area contributed by atoms with Crippen LogP contribution in [0.1, 0.15) is 55.5 Å². The third-order valence-corrected chi connectivity index (χ3v) is 4.24. The van der Waals surface area contributed by atoms with E-state index in [0.29, 0.717) is 17.2 Å². The summed E-state index contributed by atoms with van der Waals surface area (Å²) >= 11 is 0. The van der Waals surface area contributed by atoms with Gasteiger partial charge in [0.15, 0.2) is 11.9 Å². The molecule has 0 saturated carbocycles. The van der Waals surface area contributed by atoms with Crippen molar-refractivity contribution in [3.05, 3.63) is 65.5 Å². The number of nitrogens with one attached hydrogen (secondary N) is 1. The van der Waals surface area contributed by atoms with E-state index in [4.69, 9.17) is 4.74 Å². The predicted octanol–water partition coefficient (Wildman–Crippen LogP) is 4.48. The molecule has 0 aromatic heterocycles. The molecule has 2 aromatic rings. The van der Waals surface area contributed by atoms with Gasteiger partial charge in [0.05, 0.1) is 6.42 Å². The molecule has 0 bridgehead atoms. The number of ketones is 1. The molecular weight excluding hydrogens is 361 g/mol. The molecule has 0 spiro atoms. The van der Waals surface area contributed by atoms with Crippen molar-refractivity contribution in [3.8, 4) is 0 Å². The van der Waals surface area contributed by atoms with Crippen molar-refractivity contribution in [2.45, 2.75) is 45.6 Å². The smallest absolute Gasteiger partial charge is 0.307 e. The summed E-state index contributed by atoms with van der Waals surface area (Å²) in [5.41, 5.74) is 2.09. The van der Waals surface area contributed by atoms with Gasteiger partial charge >= 0.3 is 5.97 Å². The average molecular weight is 385 g/mol. The summed E-state index contributed by atoms with van der Waals surface area (Å²) in [6.45, 7) is 5.63. The zero-order valence-corrected chi connectivity index (χ0v) is 16.2. The van der Waals surface area contributed by atoms with E-state index < -0.39 is 23.8 Å².